The van der Waals surface area contributed by atoms with Crippen LogP contribution in [0.3, 0.4) is 0 Å². The van der Waals surface area contributed by atoms with Crippen LogP contribution in [0.4, 0.5) is 57.1 Å². The summed E-state index contributed by atoms with van der Waals surface area (Å²) in [5, 5.41) is 0. The minimum atomic E-state index is -7.96. The third kappa shape index (κ3) is 4.23. The molecule has 160 valence electrons. The average molecular weight is 450 g/mol. The molecule has 0 unspecified atom stereocenters. The van der Waals surface area contributed by atoms with Crippen molar-refractivity contribution in [2.75, 3.05) is 6.61 Å². The lowest BCUT2D eigenvalue weighted by Crippen LogP contribution is -2.70. The van der Waals surface area contributed by atoms with E-state index in [1.165, 1.54) is 0 Å². The van der Waals surface area contributed by atoms with Crippen LogP contribution in [0.1, 0.15) is 6.42 Å². The minimum Gasteiger partial charge on any atom is -0.462 e. The first kappa shape index (κ1) is 25.6. The molecule has 0 aliphatic rings. The van der Waals surface area contributed by atoms with Gasteiger partial charge in [-0.05, 0) is 0 Å². The molecule has 0 radical (unpaired) electrons. The first-order valence-electron chi connectivity index (χ1n) is 6.08. The number of carbonyl (C=O) groups is 1. The van der Waals surface area contributed by atoms with E-state index in [0.717, 1.165) is 0 Å². The number of carbonyl (C=O) groups excluding carboxylic acids is 1. The second kappa shape index (κ2) is 7.24. The van der Waals surface area contributed by atoms with Crippen molar-refractivity contribution < 1.29 is 66.6 Å². The number of hydrogen-bond donors (Lipinski definition) is 1. The number of hydrogen-bond acceptors (Lipinski definition) is 3. The largest absolute Gasteiger partial charge is 0.462 e. The van der Waals surface area contributed by atoms with Crippen molar-refractivity contribution in [3.05, 3.63) is 11.5 Å². The zero-order valence-electron chi connectivity index (χ0n) is 12.3. The molecule has 0 aromatic heterocycles. The van der Waals surface area contributed by atoms with Crippen molar-refractivity contribution in [2.24, 2.45) is 0 Å². The van der Waals surface area contributed by atoms with E-state index in [4.69, 9.17) is 0 Å². The van der Waals surface area contributed by atoms with Crippen LogP contribution >= 0.6 is 12.6 Å². The normalized spacial score (nSPS) is 14.9. The van der Waals surface area contributed by atoms with Gasteiger partial charge in [0.25, 0.3) is 0 Å². The first-order chi connectivity index (χ1) is 11.6. The van der Waals surface area contributed by atoms with Crippen LogP contribution in [0.5, 0.6) is 0 Å². The molecule has 0 aromatic carbocycles. The van der Waals surface area contributed by atoms with Crippen LogP contribution in [0.25, 0.3) is 0 Å². The zero-order valence-corrected chi connectivity index (χ0v) is 13.2. The maximum absolute atomic E-state index is 13.2. The lowest BCUT2D eigenvalue weighted by molar-refractivity contribution is -0.440. The molecule has 0 aromatic rings. The summed E-state index contributed by atoms with van der Waals surface area (Å²) in [6.07, 6.45) is -10.1. The predicted molar refractivity (Wildman–Crippen MR) is 64.5 cm³/mol. The molecule has 0 amide bonds. The summed E-state index contributed by atoms with van der Waals surface area (Å²) in [4.78, 5) is 9.98. The summed E-state index contributed by atoms with van der Waals surface area (Å²) >= 11 is 3.22. The van der Waals surface area contributed by atoms with Crippen LogP contribution in [-0.4, -0.2) is 48.4 Å². The third-order valence-electron chi connectivity index (χ3n) is 2.88. The van der Waals surface area contributed by atoms with Gasteiger partial charge in [-0.25, -0.2) is 4.79 Å². The number of alkyl halides is 13. The standard InChI is InChI=1S/C11H7F13O2S/c1-4(27)5(25)26-3-2-6(12,13)7(14,15)8(16,17)9(18,19)10(20,21)11(22,23)24/h27H,1-3H2. The van der Waals surface area contributed by atoms with Gasteiger partial charge in [0.05, 0.1) is 17.9 Å². The second-order valence-electron chi connectivity index (χ2n) is 4.83. The Morgan fingerprint density at radius 1 is 0.741 bits per heavy atom. The predicted octanol–water partition coefficient (Wildman–Crippen LogP) is 5.10. The van der Waals surface area contributed by atoms with E-state index < -0.39 is 59.7 Å². The highest BCUT2D eigenvalue weighted by Gasteiger charge is 2.90. The monoisotopic (exact) mass is 450 g/mol. The summed E-state index contributed by atoms with van der Waals surface area (Å²) in [5.41, 5.74) is 0. The Hall–Kier alpha value is -1.35. The van der Waals surface area contributed by atoms with Crippen molar-refractivity contribution in [2.45, 2.75) is 42.2 Å². The van der Waals surface area contributed by atoms with Crippen LogP contribution < -0.4 is 0 Å². The molecule has 0 atom stereocenters. The van der Waals surface area contributed by atoms with Crippen molar-refractivity contribution in [3.63, 3.8) is 0 Å². The van der Waals surface area contributed by atoms with E-state index in [2.05, 4.69) is 23.9 Å². The van der Waals surface area contributed by atoms with Gasteiger partial charge in [0.15, 0.2) is 0 Å². The first-order valence-corrected chi connectivity index (χ1v) is 6.53. The summed E-state index contributed by atoms with van der Waals surface area (Å²) in [7, 11) is 0. The fourth-order valence-corrected chi connectivity index (χ4v) is 1.38. The van der Waals surface area contributed by atoms with Gasteiger partial charge in [-0.15, -0.1) is 12.6 Å². The molecular weight excluding hydrogens is 443 g/mol. The van der Waals surface area contributed by atoms with Gasteiger partial charge >= 0.3 is 41.8 Å². The highest BCUT2D eigenvalue weighted by Crippen LogP contribution is 2.60. The van der Waals surface area contributed by atoms with E-state index in [0.29, 0.717) is 0 Å². The average Bonchev–Trinajstić information content (AvgIpc) is 2.44. The van der Waals surface area contributed by atoms with Gasteiger partial charge in [-0.2, -0.15) is 57.1 Å². The molecule has 0 N–H and O–H groups in total. The number of thiol groups is 1. The highest BCUT2D eigenvalue weighted by molar-refractivity contribution is 7.85. The lowest BCUT2D eigenvalue weighted by Gasteiger charge is -2.39. The Morgan fingerprint density at radius 2 is 1.11 bits per heavy atom. The summed E-state index contributed by atoms with van der Waals surface area (Å²) < 4.78 is 169. The summed E-state index contributed by atoms with van der Waals surface area (Å²) in [6.45, 7) is 0.950. The highest BCUT2D eigenvalue weighted by atomic mass is 32.1. The smallest absolute Gasteiger partial charge is 0.460 e. The van der Waals surface area contributed by atoms with Gasteiger partial charge < -0.3 is 4.74 Å². The van der Waals surface area contributed by atoms with E-state index in [9.17, 15) is 61.9 Å². The molecule has 0 fully saturated rings. The Bertz CT molecular complexity index is 581. The fraction of sp³-hybridized carbons (Fsp3) is 0.727. The van der Waals surface area contributed by atoms with Crippen LogP contribution in [0.15, 0.2) is 11.5 Å². The van der Waals surface area contributed by atoms with Crippen LogP contribution in [-0.2, 0) is 9.53 Å². The van der Waals surface area contributed by atoms with E-state index in [-0.39, 0.29) is 0 Å². The molecular formula is C11H7F13O2S. The van der Waals surface area contributed by atoms with Crippen molar-refractivity contribution in [1.82, 2.24) is 0 Å². The summed E-state index contributed by atoms with van der Waals surface area (Å²) in [6, 6.07) is 0. The van der Waals surface area contributed by atoms with E-state index >= 15 is 0 Å². The molecule has 0 aliphatic carbocycles. The van der Waals surface area contributed by atoms with Crippen molar-refractivity contribution >= 4 is 18.6 Å². The number of ether oxygens (including phenoxy) is 1. The molecule has 27 heavy (non-hydrogen) atoms. The Balaban J connectivity index is 5.80. The Kier molecular flexibility index (Phi) is 6.87. The molecule has 0 rings (SSSR count). The third-order valence-corrected chi connectivity index (χ3v) is 3.07. The summed E-state index contributed by atoms with van der Waals surface area (Å²) in [5.74, 6) is -38.9. The number of halogens is 13. The molecule has 0 saturated carbocycles. The van der Waals surface area contributed by atoms with Crippen molar-refractivity contribution in [3.8, 4) is 0 Å². The fourth-order valence-electron chi connectivity index (χ4n) is 1.31. The molecule has 0 heterocycles. The Morgan fingerprint density at radius 3 is 1.44 bits per heavy atom. The van der Waals surface area contributed by atoms with Crippen LogP contribution in [0, 0.1) is 0 Å². The minimum absolute atomic E-state index is 0.772. The van der Waals surface area contributed by atoms with Gasteiger partial charge in [0, 0.05) is 0 Å². The van der Waals surface area contributed by atoms with Gasteiger partial charge in [0.1, 0.15) is 0 Å². The quantitative estimate of drug-likeness (QED) is 0.241. The number of esters is 1. The molecule has 2 nitrogen and oxygen atoms in total. The molecule has 0 spiro atoms. The SMILES string of the molecule is C=C(S)C(=O)OCCC(F)(F)C(F)(F)C(F)(F)C(F)(F)C(F)(F)C(F)(F)F. The van der Waals surface area contributed by atoms with Gasteiger partial charge in [-0.3, -0.25) is 0 Å². The second-order valence-corrected chi connectivity index (χ2v) is 5.37. The van der Waals surface area contributed by atoms with Crippen molar-refractivity contribution in [1.29, 1.82) is 0 Å². The molecule has 0 aliphatic heterocycles. The maximum Gasteiger partial charge on any atom is 0.460 e. The zero-order chi connectivity index (χ0) is 22.3. The molecule has 0 bridgehead atoms. The van der Waals surface area contributed by atoms with E-state index in [1.807, 2.05) is 0 Å². The lowest BCUT2D eigenvalue weighted by atomic mass is 9.93. The van der Waals surface area contributed by atoms with E-state index in [1.54, 1.807) is 0 Å². The van der Waals surface area contributed by atoms with Gasteiger partial charge in [0.2, 0.25) is 0 Å². The molecule has 0 saturated heterocycles. The van der Waals surface area contributed by atoms with Crippen LogP contribution in [0.2, 0.25) is 0 Å². The molecule has 16 heteroatoms. The number of rotatable bonds is 8. The topological polar surface area (TPSA) is 26.3 Å². The Labute approximate surface area is 146 Å². The maximum atomic E-state index is 13.2. The van der Waals surface area contributed by atoms with Gasteiger partial charge in [-0.1, -0.05) is 6.58 Å².